The van der Waals surface area contributed by atoms with Gasteiger partial charge in [0.05, 0.1) is 5.02 Å². The molecular formula is C12H14ClN3O3S2. The Hall–Kier alpha value is -1.22. The molecule has 1 fully saturated rings. The number of nitrogens with one attached hydrogen (secondary N) is 2. The lowest BCUT2D eigenvalue weighted by Crippen LogP contribution is -2.38. The van der Waals surface area contributed by atoms with E-state index < -0.39 is 10.0 Å². The van der Waals surface area contributed by atoms with Crippen LogP contribution >= 0.6 is 23.8 Å². The summed E-state index contributed by atoms with van der Waals surface area (Å²) in [4.78, 5) is 11.1. The van der Waals surface area contributed by atoms with Gasteiger partial charge >= 0.3 is 0 Å². The van der Waals surface area contributed by atoms with Gasteiger partial charge in [-0.3, -0.25) is 4.79 Å². The molecule has 4 N–H and O–H groups in total. The highest BCUT2D eigenvalue weighted by atomic mass is 35.5. The van der Waals surface area contributed by atoms with Crippen LogP contribution in [0.3, 0.4) is 0 Å². The molecule has 1 aliphatic rings. The van der Waals surface area contributed by atoms with Crippen molar-refractivity contribution >= 4 is 44.7 Å². The average Bonchev–Trinajstić information content (AvgIpc) is 2.82. The number of carbonyl (C=O) groups is 1. The normalized spacial score (nSPS) is 18.5. The Kier molecular flexibility index (Phi) is 4.82. The van der Waals surface area contributed by atoms with E-state index in [0.717, 1.165) is 0 Å². The first-order valence-electron chi connectivity index (χ1n) is 6.18. The number of hydrogen-bond donors (Lipinski definition) is 3. The Labute approximate surface area is 133 Å². The van der Waals surface area contributed by atoms with Gasteiger partial charge in [-0.15, -0.1) is 0 Å². The van der Waals surface area contributed by atoms with Crippen LogP contribution in [0.5, 0.6) is 0 Å². The molecule has 0 aliphatic carbocycles. The lowest BCUT2D eigenvalue weighted by atomic mass is 10.2. The number of thiocarbonyl (C=S) groups is 1. The molecule has 0 bridgehead atoms. The molecule has 1 heterocycles. The van der Waals surface area contributed by atoms with Crippen LogP contribution in [-0.4, -0.2) is 31.9 Å². The molecular weight excluding hydrogens is 334 g/mol. The van der Waals surface area contributed by atoms with Crippen LogP contribution in [0.4, 0.5) is 0 Å². The smallest absolute Gasteiger partial charge is 0.242 e. The third kappa shape index (κ3) is 3.91. The number of rotatable bonds is 5. The maximum absolute atomic E-state index is 12.3. The van der Waals surface area contributed by atoms with Crippen LogP contribution in [-0.2, 0) is 14.8 Å². The van der Waals surface area contributed by atoms with E-state index in [9.17, 15) is 13.2 Å². The molecule has 1 unspecified atom stereocenters. The molecule has 1 aromatic carbocycles. The Morgan fingerprint density at radius 2 is 2.24 bits per heavy atom. The van der Waals surface area contributed by atoms with Crippen LogP contribution in [0.2, 0.25) is 5.02 Å². The van der Waals surface area contributed by atoms with Gasteiger partial charge in [-0.1, -0.05) is 29.9 Å². The maximum Gasteiger partial charge on any atom is 0.242 e. The van der Waals surface area contributed by atoms with Crippen LogP contribution in [0.15, 0.2) is 23.1 Å². The molecule has 0 radical (unpaired) electrons. The summed E-state index contributed by atoms with van der Waals surface area (Å²) in [7, 11) is -3.80. The minimum Gasteiger partial charge on any atom is -0.389 e. The van der Waals surface area contributed by atoms with Crippen LogP contribution in [0, 0.1) is 0 Å². The summed E-state index contributed by atoms with van der Waals surface area (Å²) in [5, 5.41) is 2.76. The third-order valence-electron chi connectivity index (χ3n) is 3.11. The number of hydrogen-bond acceptors (Lipinski definition) is 4. The zero-order valence-corrected chi connectivity index (χ0v) is 13.3. The average molecular weight is 348 g/mol. The molecule has 114 valence electrons. The van der Waals surface area contributed by atoms with Crippen molar-refractivity contribution in [3.63, 3.8) is 0 Å². The molecule has 1 atom stereocenters. The third-order valence-corrected chi connectivity index (χ3v) is 5.25. The SMILES string of the molecule is NC(=S)c1ccc(Cl)c(S(=O)(=O)NCC2CCC(=O)N2)c1. The van der Waals surface area contributed by atoms with Gasteiger partial charge < -0.3 is 11.1 Å². The quantitative estimate of drug-likeness (QED) is 0.674. The van der Waals surface area contributed by atoms with Crippen molar-refractivity contribution in [2.45, 2.75) is 23.8 Å². The zero-order valence-electron chi connectivity index (χ0n) is 10.9. The van der Waals surface area contributed by atoms with Gasteiger partial charge in [-0.2, -0.15) is 0 Å². The van der Waals surface area contributed by atoms with E-state index in [0.29, 0.717) is 18.4 Å². The fraction of sp³-hybridized carbons (Fsp3) is 0.333. The maximum atomic E-state index is 12.3. The fourth-order valence-corrected chi connectivity index (χ4v) is 3.71. The number of amides is 1. The summed E-state index contributed by atoms with van der Waals surface area (Å²) >= 11 is 10.8. The second kappa shape index (κ2) is 6.27. The molecule has 6 nitrogen and oxygen atoms in total. The van der Waals surface area contributed by atoms with Crippen molar-refractivity contribution in [2.24, 2.45) is 5.73 Å². The lowest BCUT2D eigenvalue weighted by Gasteiger charge is -2.13. The van der Waals surface area contributed by atoms with Crippen molar-refractivity contribution in [1.29, 1.82) is 0 Å². The minimum atomic E-state index is -3.80. The van der Waals surface area contributed by atoms with E-state index in [1.54, 1.807) is 6.07 Å². The zero-order chi connectivity index (χ0) is 15.6. The van der Waals surface area contributed by atoms with Crippen molar-refractivity contribution in [3.05, 3.63) is 28.8 Å². The highest BCUT2D eigenvalue weighted by Crippen LogP contribution is 2.22. The molecule has 2 rings (SSSR count). The molecule has 0 spiro atoms. The second-order valence-electron chi connectivity index (χ2n) is 4.66. The van der Waals surface area contributed by atoms with Crippen molar-refractivity contribution < 1.29 is 13.2 Å². The van der Waals surface area contributed by atoms with Gasteiger partial charge in [0.25, 0.3) is 0 Å². The molecule has 1 aliphatic heterocycles. The molecule has 21 heavy (non-hydrogen) atoms. The standard InChI is InChI=1S/C12H14ClN3O3S2/c13-9-3-1-7(12(14)20)5-10(9)21(18,19)15-6-8-2-4-11(17)16-8/h1,3,5,8,15H,2,4,6H2,(H2,14,20)(H,16,17). The van der Waals surface area contributed by atoms with Gasteiger partial charge in [0, 0.05) is 24.6 Å². The number of halogens is 1. The monoisotopic (exact) mass is 347 g/mol. The van der Waals surface area contributed by atoms with E-state index in [1.165, 1.54) is 12.1 Å². The minimum absolute atomic E-state index is 0.0762. The van der Waals surface area contributed by atoms with Gasteiger partial charge in [0.2, 0.25) is 15.9 Å². The summed E-state index contributed by atoms with van der Waals surface area (Å²) in [6, 6.07) is 4.12. The number of nitrogens with two attached hydrogens (primary N) is 1. The predicted octanol–water partition coefficient (Wildman–Crippen LogP) is 0.531. The Morgan fingerprint density at radius 3 is 2.81 bits per heavy atom. The van der Waals surface area contributed by atoms with E-state index in [-0.39, 0.29) is 33.4 Å². The predicted molar refractivity (Wildman–Crippen MR) is 83.7 cm³/mol. The van der Waals surface area contributed by atoms with Gasteiger partial charge in [-0.25, -0.2) is 13.1 Å². The van der Waals surface area contributed by atoms with E-state index in [2.05, 4.69) is 10.0 Å². The van der Waals surface area contributed by atoms with Crippen LogP contribution in [0.1, 0.15) is 18.4 Å². The number of sulfonamides is 1. The Bertz CT molecular complexity index is 691. The largest absolute Gasteiger partial charge is 0.389 e. The number of benzene rings is 1. The Morgan fingerprint density at radius 1 is 1.52 bits per heavy atom. The molecule has 1 amide bonds. The van der Waals surface area contributed by atoms with E-state index >= 15 is 0 Å². The van der Waals surface area contributed by atoms with Gasteiger partial charge in [-0.05, 0) is 18.6 Å². The second-order valence-corrected chi connectivity index (χ2v) is 7.25. The summed E-state index contributed by atoms with van der Waals surface area (Å²) in [5.41, 5.74) is 5.91. The van der Waals surface area contributed by atoms with Crippen molar-refractivity contribution in [2.75, 3.05) is 6.54 Å². The highest BCUT2D eigenvalue weighted by molar-refractivity contribution is 7.89. The summed E-state index contributed by atoms with van der Waals surface area (Å²) < 4.78 is 27.0. The highest BCUT2D eigenvalue weighted by Gasteiger charge is 2.24. The summed E-state index contributed by atoms with van der Waals surface area (Å²) in [6.07, 6.45) is 1.01. The summed E-state index contributed by atoms with van der Waals surface area (Å²) in [6.45, 7) is 0.113. The molecule has 1 aromatic rings. The first kappa shape index (κ1) is 16.2. The van der Waals surface area contributed by atoms with E-state index in [1.807, 2.05) is 0 Å². The topological polar surface area (TPSA) is 101 Å². The molecule has 9 heteroatoms. The van der Waals surface area contributed by atoms with Gasteiger partial charge in [0.15, 0.2) is 0 Å². The molecule has 0 aromatic heterocycles. The molecule has 1 saturated heterocycles. The first-order valence-corrected chi connectivity index (χ1v) is 8.45. The number of carbonyl (C=O) groups excluding carboxylic acids is 1. The van der Waals surface area contributed by atoms with Gasteiger partial charge in [0.1, 0.15) is 9.88 Å². The summed E-state index contributed by atoms with van der Waals surface area (Å²) in [5.74, 6) is -0.0762. The molecule has 0 saturated carbocycles. The van der Waals surface area contributed by atoms with Crippen molar-refractivity contribution in [3.8, 4) is 0 Å². The lowest BCUT2D eigenvalue weighted by molar-refractivity contribution is -0.119. The van der Waals surface area contributed by atoms with E-state index in [4.69, 9.17) is 29.6 Å². The van der Waals surface area contributed by atoms with Crippen LogP contribution < -0.4 is 15.8 Å². The van der Waals surface area contributed by atoms with Crippen molar-refractivity contribution in [1.82, 2.24) is 10.0 Å². The fourth-order valence-electron chi connectivity index (χ4n) is 1.98. The van der Waals surface area contributed by atoms with Crippen LogP contribution in [0.25, 0.3) is 0 Å². The Balaban J connectivity index is 2.17. The first-order chi connectivity index (χ1) is 9.79.